The highest BCUT2D eigenvalue weighted by Crippen LogP contribution is 2.67. The minimum atomic E-state index is -1.28. The zero-order valence-corrected chi connectivity index (χ0v) is 79.7. The second-order valence-electron chi connectivity index (χ2n) is 44.0. The summed E-state index contributed by atoms with van der Waals surface area (Å²) in [6, 6.07) is -0.103. The molecule has 724 valence electrons. The van der Waals surface area contributed by atoms with E-state index in [9.17, 15) is 102 Å². The number of carboxylic acids is 3. The maximum Gasteiger partial charge on any atom is 0.326 e. The Balaban J connectivity index is 0.000000191. The van der Waals surface area contributed by atoms with Gasteiger partial charge >= 0.3 is 36.0 Å². The fourth-order valence-corrected chi connectivity index (χ4v) is 21.8. The number of piperidine rings is 3. The van der Waals surface area contributed by atoms with Crippen LogP contribution in [0.2, 0.25) is 0 Å². The number of ketones is 3. The van der Waals surface area contributed by atoms with E-state index in [1.165, 1.54) is 14.7 Å². The number of nitrogens with one attached hydrogen (secondary N) is 9. The molecule has 2 aromatic carbocycles. The van der Waals surface area contributed by atoms with Crippen LogP contribution in [0, 0.1) is 97.6 Å². The molecule has 3 heterocycles. The number of carboxylic acid groups (broad SMARTS) is 3. The summed E-state index contributed by atoms with van der Waals surface area (Å²) in [6.07, 6.45) is 10.2. The van der Waals surface area contributed by atoms with Gasteiger partial charge in [0.25, 0.3) is 17.7 Å². The van der Waals surface area contributed by atoms with E-state index in [2.05, 4.69) is 47.9 Å². The van der Waals surface area contributed by atoms with Crippen molar-refractivity contribution in [2.45, 2.75) is 284 Å². The van der Waals surface area contributed by atoms with Gasteiger partial charge in [0.1, 0.15) is 58.7 Å². The van der Waals surface area contributed by atoms with Gasteiger partial charge in [-0.15, -0.1) is 23.2 Å². The standard InChI is InChI=1S/C33H45N5O7.C32H41Cl2N5O7.C29H47N5O7/c1-32(2,3)26(30(43)44)37-31(45)36-23(19-13-17-8-6-7-9-18(17)14-19)29(42)38-15-20-22(33(20,4)5)24(38)28(41)35-21(12-16-10-11-16)25(39)27(34)40;1-31(2,3)25(29(44)45)38-30(46)37-22(18-12-16-9-4-5-10-17(16)13-18)28(43)39-14-19-21(32(19,33)34)23(39)27(42)36-20(24(40)26(35)41)11-15-7-6-8-15;1-27(2,3)20(32-26(41)33-21(25(39)40)28(4,5)6)24(38)34-13-15-17(29(15,7)8)18(34)23(37)31-16(19(35)22(30)36)12-14-10-9-11-14/h6-9,16,19-24,26H,10-15H2,1-5H3,(H2,34,40)(H,35,41)(H,43,44)(H2,36,37,45);4-5,9-10,15,18-23,25H,6-8,11-14H2,1-3H3,(H2,35,41)(H,36,42)(H,44,45)(H2,37,38,46);14-18,20-21H,9-13H2,1-8H3,(H2,30,36)(H,31,37)(H,39,40)(H2,32,33,41)/t20-,21?,22-,23-,24-,26?;19-,20?,21-,22-,23-,25+;15-,16?,17-,18-,20+,21-/m000/s1. The van der Waals surface area contributed by atoms with Crippen molar-refractivity contribution in [3.8, 4) is 0 Å². The van der Waals surface area contributed by atoms with E-state index in [0.29, 0.717) is 51.6 Å². The molecule has 11 aliphatic rings. The third kappa shape index (κ3) is 22.6. The molecule has 15 amide bonds. The fraction of sp³-hybridized carbons (Fsp3) is 0.681. The Labute approximate surface area is 779 Å². The number of fused-ring (bicyclic) bond motifs is 5. The van der Waals surface area contributed by atoms with Crippen LogP contribution in [-0.2, 0) is 97.6 Å². The Kier molecular flexibility index (Phi) is 30.0. The summed E-state index contributed by atoms with van der Waals surface area (Å²) in [4.78, 5) is 237. The molecule has 8 aliphatic carbocycles. The van der Waals surface area contributed by atoms with E-state index in [-0.39, 0.29) is 71.1 Å². The average molecular weight is 1880 g/mol. The minimum Gasteiger partial charge on any atom is -0.480 e. The number of nitrogens with zero attached hydrogens (tertiary/aromatic N) is 3. The Hall–Kier alpha value is -10.5. The number of Topliss-reactive ketones (excluding diaryl/α,β-unsaturated/α-hetero) is 3. The van der Waals surface area contributed by atoms with E-state index in [0.717, 1.165) is 73.6 Å². The molecule has 2 aromatic rings. The van der Waals surface area contributed by atoms with Crippen molar-refractivity contribution in [3.63, 3.8) is 0 Å². The molecule has 3 saturated heterocycles. The molecular formula is C94H133Cl2N15O21. The lowest BCUT2D eigenvalue weighted by atomic mass is 9.80. The van der Waals surface area contributed by atoms with E-state index in [1.807, 2.05) is 76.2 Å². The van der Waals surface area contributed by atoms with Crippen LogP contribution in [0.3, 0.4) is 0 Å². The van der Waals surface area contributed by atoms with Gasteiger partial charge in [0, 0.05) is 31.5 Å². The van der Waals surface area contributed by atoms with E-state index >= 15 is 0 Å². The molecule has 18 N–H and O–H groups in total. The number of urea groups is 3. The molecule has 3 aliphatic heterocycles. The van der Waals surface area contributed by atoms with E-state index < -0.39 is 223 Å². The number of carbonyl (C=O) groups excluding carboxylic acids is 15. The number of carbonyl (C=O) groups is 18. The summed E-state index contributed by atoms with van der Waals surface area (Å²) in [5, 5.41) is 53.0. The SMILES string of the molecule is CC(C)(C)C(NC(=O)N[C@H](C(=O)N1C[C@H]2[C@@H]([C@H]1C(=O)NC(CC1CC1)C(=O)C(N)=O)C2(C)C)C1Cc2ccccc2C1)C(=O)O.CC(C)(C)[C@H](NC(=O)N[C@@H](C(=O)O)C(C)(C)C)C(=O)N1C[C@H]2[C@@H]([C@H]1C(=O)NC(CC1CCC1)C(=O)C(N)=O)C2(C)C.CC(C)(C)[C@H](NC(=O)N[C@H](C(=O)N1C[C@H]2[C@@H]([C@H]1C(=O)NC(CC1CCC1)C(=O)C(N)=O)C2(Cl)Cl)C1Cc2ccccc2C1)C(=O)O. The number of likely N-dealkylation sites (tertiary alicyclic amines) is 3. The number of rotatable bonds is 32. The molecule has 0 aromatic heterocycles. The third-order valence-electron chi connectivity index (χ3n) is 29.7. The van der Waals surface area contributed by atoms with Crippen LogP contribution in [0.4, 0.5) is 14.4 Å². The number of aliphatic carboxylic acids is 3. The molecule has 13 rings (SSSR count). The van der Waals surface area contributed by atoms with Gasteiger partial charge in [0.2, 0.25) is 52.8 Å². The summed E-state index contributed by atoms with van der Waals surface area (Å²) in [6.45, 7) is 29.2. The zero-order chi connectivity index (χ0) is 98.0. The summed E-state index contributed by atoms with van der Waals surface area (Å²) in [7, 11) is 0. The zero-order valence-electron chi connectivity index (χ0n) is 78.1. The number of nitrogens with two attached hydrogens (primary N) is 3. The van der Waals surface area contributed by atoms with Crippen LogP contribution in [0.25, 0.3) is 0 Å². The summed E-state index contributed by atoms with van der Waals surface area (Å²) < 4.78 is -1.28. The van der Waals surface area contributed by atoms with Gasteiger partial charge in [0.05, 0.1) is 18.1 Å². The molecule has 9 fully saturated rings. The number of benzene rings is 2. The molecular weight excluding hydrogens is 1750 g/mol. The van der Waals surface area contributed by atoms with Crippen LogP contribution in [0.5, 0.6) is 0 Å². The Morgan fingerprint density at radius 1 is 0.371 bits per heavy atom. The normalized spacial score (nSPS) is 25.3. The quantitative estimate of drug-likeness (QED) is 0.0348. The van der Waals surface area contributed by atoms with Gasteiger partial charge in [-0.25, -0.2) is 28.8 Å². The monoisotopic (exact) mass is 1880 g/mol. The number of hydrogen-bond donors (Lipinski definition) is 15. The predicted molar refractivity (Wildman–Crippen MR) is 482 cm³/mol. The lowest BCUT2D eigenvalue weighted by Crippen LogP contribution is -2.62. The highest BCUT2D eigenvalue weighted by molar-refractivity contribution is 6.51. The first-order valence-corrected chi connectivity index (χ1v) is 46.7. The number of halogens is 2. The van der Waals surface area contributed by atoms with Crippen molar-refractivity contribution in [3.05, 3.63) is 70.8 Å². The molecule has 0 radical (unpaired) electrons. The second-order valence-corrected chi connectivity index (χ2v) is 45.5. The number of primary amides is 3. The van der Waals surface area contributed by atoms with Crippen LogP contribution in [0.15, 0.2) is 48.5 Å². The van der Waals surface area contributed by atoms with Gasteiger partial charge in [0.15, 0.2) is 0 Å². The molecule has 6 saturated carbocycles. The van der Waals surface area contributed by atoms with Gasteiger partial charge in [-0.2, -0.15) is 0 Å². The van der Waals surface area contributed by atoms with Crippen LogP contribution < -0.4 is 65.1 Å². The van der Waals surface area contributed by atoms with Crippen LogP contribution >= 0.6 is 23.2 Å². The average Bonchev–Trinajstić information content (AvgIpc) is 1.53. The van der Waals surface area contributed by atoms with Crippen molar-refractivity contribution in [1.82, 2.24) is 62.6 Å². The molecule has 18 atom stereocenters. The molecule has 36 nitrogen and oxygen atoms in total. The van der Waals surface area contributed by atoms with Crippen LogP contribution in [0.1, 0.15) is 204 Å². The summed E-state index contributed by atoms with van der Waals surface area (Å²) in [5.41, 5.74) is 16.4. The van der Waals surface area contributed by atoms with Gasteiger partial charge < -0.3 is 95.1 Å². The maximum absolute atomic E-state index is 14.5. The maximum atomic E-state index is 14.5. The third-order valence-corrected chi connectivity index (χ3v) is 30.7. The van der Waals surface area contributed by atoms with Crippen molar-refractivity contribution in [2.24, 2.45) is 115 Å². The van der Waals surface area contributed by atoms with E-state index in [4.69, 9.17) is 40.4 Å². The van der Waals surface area contributed by atoms with Crippen LogP contribution in [-0.4, -0.2) is 233 Å². The first kappa shape index (κ1) is 102. The lowest BCUT2D eigenvalue weighted by Gasteiger charge is -2.38. The topological polar surface area (TPSA) is 564 Å². The Bertz CT molecular complexity index is 4850. The first-order chi connectivity index (χ1) is 61.2. The largest absolute Gasteiger partial charge is 0.480 e. The van der Waals surface area contributed by atoms with Crippen molar-refractivity contribution >= 4 is 130 Å². The summed E-state index contributed by atoms with van der Waals surface area (Å²) in [5.74, 6) is -14.3. The number of amides is 15. The number of alkyl halides is 2. The second kappa shape index (κ2) is 38.8. The van der Waals surface area contributed by atoms with Gasteiger partial charge in [-0.3, -0.25) is 57.5 Å². The van der Waals surface area contributed by atoms with Crippen molar-refractivity contribution in [1.29, 1.82) is 0 Å². The van der Waals surface area contributed by atoms with Crippen molar-refractivity contribution in [2.75, 3.05) is 19.6 Å². The highest BCUT2D eigenvalue weighted by atomic mass is 35.5. The molecule has 38 heteroatoms. The molecule has 132 heavy (non-hydrogen) atoms. The lowest BCUT2D eigenvalue weighted by molar-refractivity contribution is -0.145. The smallest absolute Gasteiger partial charge is 0.326 e. The molecule has 0 bridgehead atoms. The fourth-order valence-electron chi connectivity index (χ4n) is 21.0. The van der Waals surface area contributed by atoms with E-state index in [1.54, 1.807) is 83.1 Å². The summed E-state index contributed by atoms with van der Waals surface area (Å²) >= 11 is 13.1. The van der Waals surface area contributed by atoms with Gasteiger partial charge in [-0.05, 0) is 153 Å². The number of hydrogen-bond acceptors (Lipinski definition) is 18. The molecule has 4 unspecified atom stereocenters. The predicted octanol–water partition coefficient (Wildman–Crippen LogP) is 4.73. The first-order valence-electron chi connectivity index (χ1n) is 45.9. The van der Waals surface area contributed by atoms with Gasteiger partial charge in [-0.1, -0.05) is 211 Å². The molecule has 0 spiro atoms. The minimum absolute atomic E-state index is 0.0326. The Morgan fingerprint density at radius 3 is 0.886 bits per heavy atom. The Morgan fingerprint density at radius 2 is 0.629 bits per heavy atom. The van der Waals surface area contributed by atoms with Crippen molar-refractivity contribution < 1.29 is 102 Å². The highest BCUT2D eigenvalue weighted by Gasteiger charge is 2.75.